The molecule has 0 fully saturated rings. The highest BCUT2D eigenvalue weighted by Crippen LogP contribution is 2.29. The van der Waals surface area contributed by atoms with Crippen LogP contribution in [0.15, 0.2) is 24.3 Å². The maximum atomic E-state index is 8.78. The first-order valence-corrected chi connectivity index (χ1v) is 4.53. The monoisotopic (exact) mass is 173 g/mol. The number of rotatable bonds is 0. The average molecular weight is 173 g/mol. The van der Waals surface area contributed by atoms with E-state index in [2.05, 4.69) is 12.1 Å². The molecular formula is C10H7NS. The van der Waals surface area contributed by atoms with Crippen molar-refractivity contribution in [3.8, 4) is 6.07 Å². The summed E-state index contributed by atoms with van der Waals surface area (Å²) in [6.45, 7) is 2.00. The molecule has 0 unspecified atom stereocenters. The van der Waals surface area contributed by atoms with Crippen molar-refractivity contribution in [3.63, 3.8) is 0 Å². The summed E-state index contributed by atoms with van der Waals surface area (Å²) in [7, 11) is 0. The van der Waals surface area contributed by atoms with Crippen molar-refractivity contribution in [3.05, 3.63) is 34.7 Å². The minimum Gasteiger partial charge on any atom is -0.192 e. The highest BCUT2D eigenvalue weighted by atomic mass is 32.1. The molecule has 12 heavy (non-hydrogen) atoms. The topological polar surface area (TPSA) is 23.8 Å². The van der Waals surface area contributed by atoms with Crippen molar-refractivity contribution in [2.75, 3.05) is 0 Å². The number of benzene rings is 1. The van der Waals surface area contributed by atoms with Crippen LogP contribution in [-0.2, 0) is 0 Å². The van der Waals surface area contributed by atoms with Gasteiger partial charge in [-0.2, -0.15) is 5.26 Å². The molecule has 1 heterocycles. The zero-order valence-corrected chi connectivity index (χ0v) is 7.48. The Morgan fingerprint density at radius 1 is 1.33 bits per heavy atom. The van der Waals surface area contributed by atoms with Crippen LogP contribution in [0.25, 0.3) is 10.1 Å². The van der Waals surface area contributed by atoms with Crippen LogP contribution >= 0.6 is 11.3 Å². The molecule has 0 saturated heterocycles. The molecule has 0 aliphatic carbocycles. The summed E-state index contributed by atoms with van der Waals surface area (Å²) in [4.78, 5) is 0.830. The molecule has 0 radical (unpaired) electrons. The van der Waals surface area contributed by atoms with Gasteiger partial charge in [-0.25, -0.2) is 0 Å². The van der Waals surface area contributed by atoms with Crippen LogP contribution in [0, 0.1) is 18.3 Å². The Labute approximate surface area is 74.9 Å². The normalized spacial score (nSPS) is 10.0. The molecule has 1 nitrogen and oxygen atoms in total. The second-order valence-electron chi connectivity index (χ2n) is 2.66. The SMILES string of the molecule is Cc1c(C#N)sc2ccccc12. The lowest BCUT2D eigenvalue weighted by atomic mass is 10.2. The molecule has 0 aliphatic heterocycles. The van der Waals surface area contributed by atoms with Crippen molar-refractivity contribution >= 4 is 21.4 Å². The third-order valence-corrected chi connectivity index (χ3v) is 3.12. The highest BCUT2D eigenvalue weighted by Gasteiger charge is 2.05. The van der Waals surface area contributed by atoms with Crippen LogP contribution in [0.2, 0.25) is 0 Å². The van der Waals surface area contributed by atoms with Crippen LogP contribution in [0.1, 0.15) is 10.4 Å². The van der Waals surface area contributed by atoms with E-state index in [-0.39, 0.29) is 0 Å². The van der Waals surface area contributed by atoms with Gasteiger partial charge in [0.2, 0.25) is 0 Å². The van der Waals surface area contributed by atoms with Crippen LogP contribution in [-0.4, -0.2) is 0 Å². The molecule has 0 spiro atoms. The van der Waals surface area contributed by atoms with Gasteiger partial charge in [0.05, 0.1) is 0 Å². The molecule has 2 aromatic rings. The number of thiophene rings is 1. The fourth-order valence-corrected chi connectivity index (χ4v) is 2.29. The maximum absolute atomic E-state index is 8.78. The predicted octanol–water partition coefficient (Wildman–Crippen LogP) is 3.08. The van der Waals surface area contributed by atoms with Crippen LogP contribution in [0.3, 0.4) is 0 Å². The summed E-state index contributed by atoms with van der Waals surface area (Å²) >= 11 is 1.56. The summed E-state index contributed by atoms with van der Waals surface area (Å²) in [6, 6.07) is 10.3. The van der Waals surface area contributed by atoms with E-state index >= 15 is 0 Å². The van der Waals surface area contributed by atoms with Gasteiger partial charge in [-0.05, 0) is 23.9 Å². The Morgan fingerprint density at radius 3 is 2.75 bits per heavy atom. The lowest BCUT2D eigenvalue weighted by molar-refractivity contribution is 1.48. The predicted molar refractivity (Wildman–Crippen MR) is 51.3 cm³/mol. The van der Waals surface area contributed by atoms with Crippen molar-refractivity contribution < 1.29 is 0 Å². The maximum Gasteiger partial charge on any atom is 0.110 e. The quantitative estimate of drug-likeness (QED) is 0.600. The third-order valence-electron chi connectivity index (χ3n) is 1.95. The molecule has 2 rings (SSSR count). The molecule has 1 aromatic heterocycles. The molecule has 0 amide bonds. The van der Waals surface area contributed by atoms with E-state index in [9.17, 15) is 0 Å². The number of hydrogen-bond donors (Lipinski definition) is 0. The van der Waals surface area contributed by atoms with E-state index in [0.717, 1.165) is 10.4 Å². The molecule has 1 aromatic carbocycles. The molecule has 2 heteroatoms. The Balaban J connectivity index is 2.90. The number of fused-ring (bicyclic) bond motifs is 1. The molecule has 0 saturated carbocycles. The first-order valence-electron chi connectivity index (χ1n) is 3.71. The van der Waals surface area contributed by atoms with Gasteiger partial charge in [-0.15, -0.1) is 11.3 Å². The Bertz CT molecular complexity index is 462. The van der Waals surface area contributed by atoms with Crippen molar-refractivity contribution in [2.45, 2.75) is 6.92 Å². The van der Waals surface area contributed by atoms with Crippen LogP contribution in [0.5, 0.6) is 0 Å². The largest absolute Gasteiger partial charge is 0.192 e. The summed E-state index contributed by atoms with van der Waals surface area (Å²) in [5.74, 6) is 0. The van der Waals surface area contributed by atoms with Crippen molar-refractivity contribution in [2.24, 2.45) is 0 Å². The minimum absolute atomic E-state index is 0.830. The number of nitriles is 1. The Hall–Kier alpha value is -1.33. The Morgan fingerprint density at radius 2 is 2.08 bits per heavy atom. The summed E-state index contributed by atoms with van der Waals surface area (Å²) in [6.07, 6.45) is 0. The van der Waals surface area contributed by atoms with Crippen LogP contribution < -0.4 is 0 Å². The summed E-state index contributed by atoms with van der Waals surface area (Å²) in [5.41, 5.74) is 1.11. The molecule has 0 atom stereocenters. The average Bonchev–Trinajstić information content (AvgIpc) is 2.44. The molecule has 58 valence electrons. The fraction of sp³-hybridized carbons (Fsp3) is 0.100. The van der Waals surface area contributed by atoms with Gasteiger partial charge in [0.1, 0.15) is 10.9 Å². The Kier molecular flexibility index (Phi) is 1.60. The summed E-state index contributed by atoms with van der Waals surface area (Å²) < 4.78 is 1.20. The number of nitrogens with zero attached hydrogens (tertiary/aromatic N) is 1. The zero-order chi connectivity index (χ0) is 8.55. The zero-order valence-electron chi connectivity index (χ0n) is 6.66. The van der Waals surface area contributed by atoms with E-state index in [4.69, 9.17) is 5.26 Å². The first-order chi connectivity index (χ1) is 5.83. The molecular weight excluding hydrogens is 166 g/mol. The van der Waals surface area contributed by atoms with Gasteiger partial charge in [-0.3, -0.25) is 0 Å². The van der Waals surface area contributed by atoms with Gasteiger partial charge in [0.25, 0.3) is 0 Å². The molecule has 0 aliphatic rings. The van der Waals surface area contributed by atoms with Crippen LogP contribution in [0.4, 0.5) is 0 Å². The molecule has 0 bridgehead atoms. The standard InChI is InChI=1S/C10H7NS/c1-7-8-4-2-3-5-9(8)12-10(7)6-11/h2-5H,1H3. The smallest absolute Gasteiger partial charge is 0.110 e. The number of hydrogen-bond acceptors (Lipinski definition) is 2. The third kappa shape index (κ3) is 0.910. The van der Waals surface area contributed by atoms with Gasteiger partial charge >= 0.3 is 0 Å². The lowest BCUT2D eigenvalue weighted by Crippen LogP contribution is -1.70. The minimum atomic E-state index is 0.830. The van der Waals surface area contributed by atoms with E-state index in [0.29, 0.717) is 0 Å². The van der Waals surface area contributed by atoms with E-state index in [1.807, 2.05) is 25.1 Å². The van der Waals surface area contributed by atoms with Gasteiger partial charge in [0, 0.05) is 4.70 Å². The fourth-order valence-electron chi connectivity index (χ4n) is 1.28. The molecule has 0 N–H and O–H groups in total. The van der Waals surface area contributed by atoms with Crippen molar-refractivity contribution in [1.29, 1.82) is 5.26 Å². The summed E-state index contributed by atoms with van der Waals surface area (Å²) in [5, 5.41) is 9.99. The second kappa shape index (κ2) is 2.62. The lowest BCUT2D eigenvalue weighted by Gasteiger charge is -1.87. The first kappa shape index (κ1) is 7.33. The van der Waals surface area contributed by atoms with Gasteiger partial charge in [-0.1, -0.05) is 18.2 Å². The van der Waals surface area contributed by atoms with Gasteiger partial charge in [0.15, 0.2) is 0 Å². The van der Waals surface area contributed by atoms with E-state index < -0.39 is 0 Å². The second-order valence-corrected chi connectivity index (χ2v) is 3.72. The van der Waals surface area contributed by atoms with E-state index in [1.54, 1.807) is 11.3 Å². The van der Waals surface area contributed by atoms with Crippen molar-refractivity contribution in [1.82, 2.24) is 0 Å². The highest BCUT2D eigenvalue weighted by molar-refractivity contribution is 7.19. The number of aryl methyl sites for hydroxylation is 1. The van der Waals surface area contributed by atoms with E-state index in [1.165, 1.54) is 10.1 Å². The van der Waals surface area contributed by atoms with Gasteiger partial charge < -0.3 is 0 Å².